The number of fused-ring (bicyclic) bond motifs is 2. The second-order valence-corrected chi connectivity index (χ2v) is 9.95. The van der Waals surface area contributed by atoms with E-state index in [1.165, 1.54) is 0 Å². The van der Waals surface area contributed by atoms with Gasteiger partial charge in [0.25, 0.3) is 0 Å². The van der Waals surface area contributed by atoms with Gasteiger partial charge in [0.05, 0.1) is 18.1 Å². The van der Waals surface area contributed by atoms with Crippen LogP contribution in [-0.2, 0) is 14.3 Å². The standard InChI is InChI=1S/C21H26O6/c1-9-7-18(3,4)13-17(25)21(26)20-12(19(13,8-27-21)14(9)22)6-5-11(16(20)24)10(2)15(20)23/h11-13,16-17,24-26H,1-2,5-8H2,3-4H3/t11-,12-,13+,16+,17-,19-,20-,21+/m0/s1. The third-order valence-corrected chi connectivity index (χ3v) is 8.55. The molecule has 4 aliphatic carbocycles. The lowest BCUT2D eigenvalue weighted by Gasteiger charge is -2.73. The van der Waals surface area contributed by atoms with Crippen molar-refractivity contribution in [3.8, 4) is 0 Å². The Morgan fingerprint density at radius 2 is 1.74 bits per heavy atom. The fourth-order valence-electron chi connectivity index (χ4n) is 7.79. The van der Waals surface area contributed by atoms with E-state index >= 15 is 0 Å². The lowest BCUT2D eigenvalue weighted by Crippen LogP contribution is -2.85. The Morgan fingerprint density at radius 1 is 1.07 bits per heavy atom. The average molecular weight is 374 g/mol. The summed E-state index contributed by atoms with van der Waals surface area (Å²) < 4.78 is 5.75. The first-order valence-corrected chi connectivity index (χ1v) is 9.66. The highest BCUT2D eigenvalue weighted by Crippen LogP contribution is 2.75. The van der Waals surface area contributed by atoms with Crippen LogP contribution in [0.15, 0.2) is 24.3 Å². The van der Waals surface area contributed by atoms with E-state index in [0.717, 1.165) is 0 Å². The molecule has 4 bridgehead atoms. The van der Waals surface area contributed by atoms with E-state index in [1.807, 2.05) is 13.8 Å². The van der Waals surface area contributed by atoms with E-state index in [1.54, 1.807) is 0 Å². The molecule has 2 spiro atoms. The van der Waals surface area contributed by atoms with Gasteiger partial charge in [-0.2, -0.15) is 0 Å². The first-order chi connectivity index (χ1) is 12.5. The van der Waals surface area contributed by atoms with Gasteiger partial charge in [-0.3, -0.25) is 9.59 Å². The number of rotatable bonds is 0. The van der Waals surface area contributed by atoms with E-state index in [-0.39, 0.29) is 18.0 Å². The molecule has 6 fully saturated rings. The van der Waals surface area contributed by atoms with Gasteiger partial charge in [-0.05, 0) is 41.7 Å². The molecule has 0 aromatic carbocycles. The monoisotopic (exact) mass is 374 g/mol. The van der Waals surface area contributed by atoms with Crippen LogP contribution >= 0.6 is 0 Å². The predicted molar refractivity (Wildman–Crippen MR) is 94.2 cm³/mol. The number of carbonyl (C=O) groups excluding carboxylic acids is 2. The first-order valence-electron chi connectivity index (χ1n) is 9.66. The van der Waals surface area contributed by atoms with E-state index in [4.69, 9.17) is 4.74 Å². The quantitative estimate of drug-likeness (QED) is 0.541. The third-order valence-electron chi connectivity index (χ3n) is 8.55. The molecule has 2 aliphatic heterocycles. The summed E-state index contributed by atoms with van der Waals surface area (Å²) in [6.45, 7) is 11.7. The molecule has 0 unspecified atom stereocenters. The number of allylic oxidation sites excluding steroid dienone is 1. The van der Waals surface area contributed by atoms with Gasteiger partial charge >= 0.3 is 0 Å². The molecule has 0 aromatic heterocycles. The van der Waals surface area contributed by atoms with Crippen molar-refractivity contribution in [2.24, 2.45) is 34.0 Å². The van der Waals surface area contributed by atoms with E-state index in [0.29, 0.717) is 24.8 Å². The van der Waals surface area contributed by atoms with Crippen LogP contribution in [-0.4, -0.2) is 51.5 Å². The van der Waals surface area contributed by atoms with Crippen molar-refractivity contribution in [1.82, 2.24) is 0 Å². The van der Waals surface area contributed by atoms with E-state index < -0.39 is 57.8 Å². The highest BCUT2D eigenvalue weighted by atomic mass is 16.6. The van der Waals surface area contributed by atoms with Crippen molar-refractivity contribution in [3.05, 3.63) is 24.3 Å². The van der Waals surface area contributed by atoms with Gasteiger partial charge in [-0.15, -0.1) is 0 Å². The molecule has 6 heteroatoms. The van der Waals surface area contributed by atoms with Crippen LogP contribution in [0.2, 0.25) is 0 Å². The van der Waals surface area contributed by atoms with Crippen LogP contribution in [0.3, 0.4) is 0 Å². The summed E-state index contributed by atoms with van der Waals surface area (Å²) in [6.07, 6.45) is -1.25. The molecule has 0 amide bonds. The highest BCUT2D eigenvalue weighted by Gasteiger charge is 2.87. The van der Waals surface area contributed by atoms with Gasteiger partial charge in [-0.25, -0.2) is 0 Å². The minimum atomic E-state index is -2.23. The van der Waals surface area contributed by atoms with Crippen molar-refractivity contribution < 1.29 is 29.6 Å². The summed E-state index contributed by atoms with van der Waals surface area (Å²) >= 11 is 0. The molecule has 0 radical (unpaired) electrons. The van der Waals surface area contributed by atoms with Crippen LogP contribution in [0.4, 0.5) is 0 Å². The SMILES string of the molecule is C=C1CC(C)(C)[C@H]2[C@H](O)[C@@]3(O)OC[C@]2(C1=O)[C@@H]1CC[C@H]2C(=C)C(=O)[C@]13[C@@H]2O. The summed E-state index contributed by atoms with van der Waals surface area (Å²) in [5.74, 6) is -4.56. The summed E-state index contributed by atoms with van der Waals surface area (Å²) in [6, 6.07) is 0. The lowest BCUT2D eigenvalue weighted by molar-refractivity contribution is -0.436. The molecule has 6 aliphatic rings. The zero-order valence-corrected chi connectivity index (χ0v) is 15.7. The van der Waals surface area contributed by atoms with Crippen LogP contribution in [0.5, 0.6) is 0 Å². The Bertz CT molecular complexity index is 829. The fourth-order valence-corrected chi connectivity index (χ4v) is 7.79. The summed E-state index contributed by atoms with van der Waals surface area (Å²) in [5, 5.41) is 34.1. The normalized spacial score (nSPS) is 55.5. The molecule has 0 aromatic rings. The molecule has 3 N–H and O–H groups in total. The summed E-state index contributed by atoms with van der Waals surface area (Å²) in [4.78, 5) is 26.9. The van der Waals surface area contributed by atoms with Crippen molar-refractivity contribution in [2.45, 2.75) is 51.1 Å². The zero-order chi connectivity index (χ0) is 19.7. The van der Waals surface area contributed by atoms with Crippen LogP contribution in [0, 0.1) is 34.0 Å². The number of Topliss-reactive ketones (excluding diaryl/α,β-unsaturated/α-hetero) is 2. The summed E-state index contributed by atoms with van der Waals surface area (Å²) in [7, 11) is 0. The van der Waals surface area contributed by atoms with Gasteiger partial charge in [0.15, 0.2) is 11.6 Å². The molecule has 4 saturated carbocycles. The topological polar surface area (TPSA) is 104 Å². The van der Waals surface area contributed by atoms with Crippen LogP contribution in [0.25, 0.3) is 0 Å². The maximum absolute atomic E-state index is 13.5. The molecule has 6 nitrogen and oxygen atoms in total. The molecular weight excluding hydrogens is 348 g/mol. The van der Waals surface area contributed by atoms with Gasteiger partial charge in [0.2, 0.25) is 5.79 Å². The average Bonchev–Trinajstić information content (AvgIpc) is 2.70. The van der Waals surface area contributed by atoms with Crippen molar-refractivity contribution in [2.75, 3.05) is 6.61 Å². The molecule has 2 heterocycles. The minimum absolute atomic E-state index is 0.0733. The van der Waals surface area contributed by atoms with Crippen LogP contribution < -0.4 is 0 Å². The second kappa shape index (κ2) is 4.62. The Labute approximate surface area is 157 Å². The third kappa shape index (κ3) is 1.47. The number of hydrogen-bond donors (Lipinski definition) is 3. The largest absolute Gasteiger partial charge is 0.391 e. The highest BCUT2D eigenvalue weighted by molar-refractivity contribution is 6.08. The minimum Gasteiger partial charge on any atom is -0.391 e. The molecule has 27 heavy (non-hydrogen) atoms. The van der Waals surface area contributed by atoms with Crippen molar-refractivity contribution in [3.63, 3.8) is 0 Å². The second-order valence-electron chi connectivity index (χ2n) is 9.95. The van der Waals surface area contributed by atoms with E-state index in [9.17, 15) is 24.9 Å². The van der Waals surface area contributed by atoms with Gasteiger partial charge in [0.1, 0.15) is 11.5 Å². The zero-order valence-electron chi connectivity index (χ0n) is 15.7. The molecule has 2 saturated heterocycles. The smallest absolute Gasteiger partial charge is 0.208 e. The number of carbonyl (C=O) groups is 2. The predicted octanol–water partition coefficient (Wildman–Crippen LogP) is 0.750. The van der Waals surface area contributed by atoms with Crippen molar-refractivity contribution >= 4 is 11.6 Å². The Balaban J connectivity index is 1.84. The molecule has 6 rings (SSSR count). The summed E-state index contributed by atoms with van der Waals surface area (Å²) in [5.41, 5.74) is -2.71. The van der Waals surface area contributed by atoms with Crippen molar-refractivity contribution in [1.29, 1.82) is 0 Å². The maximum atomic E-state index is 13.5. The molecule has 8 atom stereocenters. The Hall–Kier alpha value is -1.34. The van der Waals surface area contributed by atoms with Gasteiger partial charge in [-0.1, -0.05) is 27.0 Å². The Morgan fingerprint density at radius 3 is 2.41 bits per heavy atom. The number of hydrogen-bond acceptors (Lipinski definition) is 6. The number of ketones is 2. The number of aliphatic hydroxyl groups is 3. The molecule has 146 valence electrons. The first kappa shape index (κ1) is 17.7. The Kier molecular flexibility index (Phi) is 3.04. The van der Waals surface area contributed by atoms with Gasteiger partial charge < -0.3 is 20.1 Å². The lowest BCUT2D eigenvalue weighted by atomic mass is 9.35. The number of aliphatic hydroxyl groups excluding tert-OH is 2. The fraction of sp³-hybridized carbons (Fsp3) is 0.714. The van der Waals surface area contributed by atoms with Gasteiger partial charge in [0, 0.05) is 11.8 Å². The van der Waals surface area contributed by atoms with Crippen LogP contribution in [0.1, 0.15) is 33.1 Å². The maximum Gasteiger partial charge on any atom is 0.208 e. The number of ether oxygens (including phenoxy) is 1. The molecular formula is C21H26O6. The van der Waals surface area contributed by atoms with E-state index in [2.05, 4.69) is 13.2 Å².